The van der Waals surface area contributed by atoms with E-state index in [1.165, 1.54) is 6.07 Å². The number of benzene rings is 2. The van der Waals surface area contributed by atoms with Crippen LogP contribution in [-0.4, -0.2) is 11.9 Å². The molecule has 0 bridgehead atoms. The largest absolute Gasteiger partial charge is 0.334 e. The molecule has 1 fully saturated rings. The van der Waals surface area contributed by atoms with Gasteiger partial charge in [-0.15, -0.1) is 0 Å². The molecule has 0 aliphatic heterocycles. The van der Waals surface area contributed by atoms with Gasteiger partial charge in [-0.05, 0) is 55.2 Å². The molecule has 3 rings (SSSR count). The number of carbonyl (C=O) groups excluding carboxylic acids is 2. The number of aryl methyl sites for hydroxylation is 1. The van der Waals surface area contributed by atoms with Crippen LogP contribution >= 0.6 is 0 Å². The topological polar surface area (TPSA) is 70.2 Å². The van der Waals surface area contributed by atoms with E-state index in [1.807, 2.05) is 0 Å². The Morgan fingerprint density at radius 2 is 1.80 bits per heavy atom. The van der Waals surface area contributed by atoms with Gasteiger partial charge in [0.05, 0.1) is 0 Å². The van der Waals surface area contributed by atoms with Gasteiger partial charge in [-0.3, -0.25) is 4.79 Å². The van der Waals surface area contributed by atoms with Crippen molar-refractivity contribution in [3.8, 4) is 0 Å². The van der Waals surface area contributed by atoms with Crippen LogP contribution in [0.25, 0.3) is 0 Å². The Labute approximate surface area is 145 Å². The van der Waals surface area contributed by atoms with Crippen molar-refractivity contribution in [2.24, 2.45) is 5.92 Å². The van der Waals surface area contributed by atoms with E-state index in [4.69, 9.17) is 0 Å². The quantitative estimate of drug-likeness (QED) is 0.774. The van der Waals surface area contributed by atoms with Gasteiger partial charge in [-0.25, -0.2) is 9.18 Å². The standard InChI is InChI=1S/C19H20FN3O2/c1-12-9-13(5-8-17(12)20)11-21-19(25)23-16-4-2-3-15(10-16)22-18(24)14-6-7-14/h2-5,8-10,14H,6-7,11H2,1H3,(H,22,24)(H2,21,23,25). The molecular weight excluding hydrogens is 321 g/mol. The molecular formula is C19H20FN3O2. The van der Waals surface area contributed by atoms with Gasteiger partial charge < -0.3 is 16.0 Å². The molecule has 1 aliphatic rings. The monoisotopic (exact) mass is 341 g/mol. The number of nitrogens with one attached hydrogen (secondary N) is 3. The molecule has 130 valence electrons. The van der Waals surface area contributed by atoms with E-state index in [0.717, 1.165) is 18.4 Å². The molecule has 0 aromatic heterocycles. The average molecular weight is 341 g/mol. The van der Waals surface area contributed by atoms with Crippen LogP contribution in [0.1, 0.15) is 24.0 Å². The van der Waals surface area contributed by atoms with Crippen LogP contribution in [0.5, 0.6) is 0 Å². The normalized spacial score (nSPS) is 13.2. The molecule has 1 saturated carbocycles. The van der Waals surface area contributed by atoms with E-state index in [1.54, 1.807) is 43.3 Å². The third kappa shape index (κ3) is 4.79. The predicted octanol–water partition coefficient (Wildman–Crippen LogP) is 3.80. The first-order valence-corrected chi connectivity index (χ1v) is 8.22. The van der Waals surface area contributed by atoms with Crippen LogP contribution in [0.15, 0.2) is 42.5 Å². The van der Waals surface area contributed by atoms with E-state index >= 15 is 0 Å². The fourth-order valence-electron chi connectivity index (χ4n) is 2.44. The summed E-state index contributed by atoms with van der Waals surface area (Å²) in [6.45, 7) is 1.98. The summed E-state index contributed by atoms with van der Waals surface area (Å²) in [5, 5.41) is 8.28. The number of hydrogen-bond acceptors (Lipinski definition) is 2. The summed E-state index contributed by atoms with van der Waals surface area (Å²) in [5.74, 6) is -0.120. The van der Waals surface area contributed by atoms with Crippen LogP contribution in [-0.2, 0) is 11.3 Å². The van der Waals surface area contributed by atoms with E-state index in [2.05, 4.69) is 16.0 Å². The van der Waals surface area contributed by atoms with Crippen LogP contribution in [0.3, 0.4) is 0 Å². The highest BCUT2D eigenvalue weighted by Gasteiger charge is 2.29. The lowest BCUT2D eigenvalue weighted by molar-refractivity contribution is -0.117. The molecule has 2 aromatic rings. The Morgan fingerprint density at radius 1 is 1.08 bits per heavy atom. The predicted molar refractivity (Wildman–Crippen MR) is 94.8 cm³/mol. The van der Waals surface area contributed by atoms with Crippen LogP contribution in [0.2, 0.25) is 0 Å². The Balaban J connectivity index is 1.53. The molecule has 5 nitrogen and oxygen atoms in total. The SMILES string of the molecule is Cc1cc(CNC(=O)Nc2cccc(NC(=O)C3CC3)c2)ccc1F. The van der Waals surface area contributed by atoms with Crippen LogP contribution in [0.4, 0.5) is 20.6 Å². The maximum atomic E-state index is 13.2. The van der Waals surface area contributed by atoms with Crippen molar-refractivity contribution in [1.82, 2.24) is 5.32 Å². The zero-order valence-corrected chi connectivity index (χ0v) is 13.9. The number of halogens is 1. The number of hydrogen-bond donors (Lipinski definition) is 3. The van der Waals surface area contributed by atoms with Crippen molar-refractivity contribution in [2.75, 3.05) is 10.6 Å². The molecule has 25 heavy (non-hydrogen) atoms. The zero-order chi connectivity index (χ0) is 17.8. The molecule has 0 atom stereocenters. The zero-order valence-electron chi connectivity index (χ0n) is 13.9. The number of urea groups is 1. The summed E-state index contributed by atoms with van der Waals surface area (Å²) in [4.78, 5) is 23.8. The van der Waals surface area contributed by atoms with E-state index in [-0.39, 0.29) is 23.7 Å². The van der Waals surface area contributed by atoms with Crippen molar-refractivity contribution in [1.29, 1.82) is 0 Å². The Bertz CT molecular complexity index is 803. The van der Waals surface area contributed by atoms with Crippen LogP contribution in [0, 0.1) is 18.7 Å². The summed E-state index contributed by atoms with van der Waals surface area (Å²) in [6.07, 6.45) is 1.88. The Hall–Kier alpha value is -2.89. The fourth-order valence-corrected chi connectivity index (χ4v) is 2.44. The molecule has 2 aromatic carbocycles. The maximum Gasteiger partial charge on any atom is 0.319 e. The first-order chi connectivity index (χ1) is 12.0. The highest BCUT2D eigenvalue weighted by atomic mass is 19.1. The highest BCUT2D eigenvalue weighted by Crippen LogP contribution is 2.30. The van der Waals surface area contributed by atoms with Crippen molar-refractivity contribution >= 4 is 23.3 Å². The minimum atomic E-state index is -0.368. The lowest BCUT2D eigenvalue weighted by Gasteiger charge is -2.10. The van der Waals surface area contributed by atoms with Crippen molar-refractivity contribution in [2.45, 2.75) is 26.3 Å². The maximum absolute atomic E-state index is 13.2. The van der Waals surface area contributed by atoms with E-state index in [0.29, 0.717) is 23.5 Å². The Kier molecular flexibility index (Phi) is 4.97. The highest BCUT2D eigenvalue weighted by molar-refractivity contribution is 5.95. The van der Waals surface area contributed by atoms with Crippen LogP contribution < -0.4 is 16.0 Å². The number of anilines is 2. The summed E-state index contributed by atoms with van der Waals surface area (Å²) in [6, 6.07) is 11.4. The van der Waals surface area contributed by atoms with Gasteiger partial charge in [0.25, 0.3) is 0 Å². The fraction of sp³-hybridized carbons (Fsp3) is 0.263. The molecule has 0 unspecified atom stereocenters. The minimum absolute atomic E-state index is 0.0216. The van der Waals surface area contributed by atoms with Gasteiger partial charge in [0.1, 0.15) is 5.82 Å². The molecule has 1 aliphatic carbocycles. The summed E-state index contributed by atoms with van der Waals surface area (Å²) >= 11 is 0. The van der Waals surface area contributed by atoms with E-state index < -0.39 is 0 Å². The lowest BCUT2D eigenvalue weighted by Crippen LogP contribution is -2.28. The molecule has 0 saturated heterocycles. The van der Waals surface area contributed by atoms with Crippen molar-refractivity contribution in [3.05, 3.63) is 59.4 Å². The third-order valence-electron chi connectivity index (χ3n) is 4.01. The number of rotatable bonds is 5. The van der Waals surface area contributed by atoms with E-state index in [9.17, 15) is 14.0 Å². The van der Waals surface area contributed by atoms with Gasteiger partial charge in [0.15, 0.2) is 0 Å². The molecule has 0 spiro atoms. The lowest BCUT2D eigenvalue weighted by atomic mass is 10.1. The molecule has 6 heteroatoms. The third-order valence-corrected chi connectivity index (χ3v) is 4.01. The molecule has 0 radical (unpaired) electrons. The minimum Gasteiger partial charge on any atom is -0.334 e. The second-order valence-electron chi connectivity index (χ2n) is 6.24. The summed E-state index contributed by atoms with van der Waals surface area (Å²) < 4.78 is 13.2. The van der Waals surface area contributed by atoms with Gasteiger partial charge >= 0.3 is 6.03 Å². The second kappa shape index (κ2) is 7.34. The number of carbonyl (C=O) groups is 2. The van der Waals surface area contributed by atoms with Gasteiger partial charge in [0, 0.05) is 23.8 Å². The average Bonchev–Trinajstić information content (AvgIpc) is 3.41. The second-order valence-corrected chi connectivity index (χ2v) is 6.24. The summed E-state index contributed by atoms with van der Waals surface area (Å²) in [7, 11) is 0. The Morgan fingerprint density at radius 3 is 2.48 bits per heavy atom. The van der Waals surface area contributed by atoms with Gasteiger partial charge in [-0.2, -0.15) is 0 Å². The number of amides is 3. The van der Waals surface area contributed by atoms with Crippen molar-refractivity contribution < 1.29 is 14.0 Å². The molecule has 0 heterocycles. The smallest absolute Gasteiger partial charge is 0.319 e. The van der Waals surface area contributed by atoms with Crippen molar-refractivity contribution in [3.63, 3.8) is 0 Å². The molecule has 3 N–H and O–H groups in total. The molecule has 3 amide bonds. The van der Waals surface area contributed by atoms with Gasteiger partial charge in [-0.1, -0.05) is 18.2 Å². The first kappa shape index (κ1) is 17.0. The first-order valence-electron chi connectivity index (χ1n) is 8.22. The summed E-state index contributed by atoms with van der Waals surface area (Å²) in [5.41, 5.74) is 2.60. The van der Waals surface area contributed by atoms with Gasteiger partial charge in [0.2, 0.25) is 5.91 Å².